The fourth-order valence-electron chi connectivity index (χ4n) is 1.48. The monoisotopic (exact) mass is 222 g/mol. The number of nitrogens with zero attached hydrogens (tertiary/aromatic N) is 1. The lowest BCUT2D eigenvalue weighted by molar-refractivity contribution is -0.186. The molecular weight excluding hydrogens is 208 g/mol. The first-order chi connectivity index (χ1) is 7.86. The Morgan fingerprint density at radius 1 is 1.56 bits per heavy atom. The molecule has 2 rings (SSSR count). The molecule has 1 aromatic heterocycles. The highest BCUT2D eigenvalue weighted by atomic mass is 16.8. The van der Waals surface area contributed by atoms with Gasteiger partial charge in [0.05, 0.1) is 5.56 Å². The number of rotatable bonds is 3. The van der Waals surface area contributed by atoms with Crippen LogP contribution in [0.1, 0.15) is 29.6 Å². The molecule has 1 amide bonds. The van der Waals surface area contributed by atoms with Crippen molar-refractivity contribution in [1.29, 1.82) is 0 Å². The van der Waals surface area contributed by atoms with E-state index in [1.807, 2.05) is 0 Å². The van der Waals surface area contributed by atoms with E-state index in [0.29, 0.717) is 12.2 Å². The Labute approximate surface area is 93.7 Å². The largest absolute Gasteiger partial charge is 0.350 e. The molecule has 1 aliphatic rings. The summed E-state index contributed by atoms with van der Waals surface area (Å²) in [7, 11) is 0. The summed E-state index contributed by atoms with van der Waals surface area (Å²) >= 11 is 0. The summed E-state index contributed by atoms with van der Waals surface area (Å²) in [5.41, 5.74) is 2.84. The number of nitrogens with one attached hydrogen (secondary N) is 1. The van der Waals surface area contributed by atoms with Crippen LogP contribution in [0.5, 0.6) is 0 Å². The second-order valence-corrected chi connectivity index (χ2v) is 3.59. The van der Waals surface area contributed by atoms with Gasteiger partial charge in [0, 0.05) is 25.4 Å². The van der Waals surface area contributed by atoms with Gasteiger partial charge in [-0.15, -0.1) is 0 Å². The molecule has 1 unspecified atom stereocenters. The topological polar surface area (TPSA) is 60.5 Å². The molecule has 5 heteroatoms. The van der Waals surface area contributed by atoms with Gasteiger partial charge in [-0.25, -0.2) is 10.3 Å². The molecule has 0 radical (unpaired) electrons. The number of ether oxygens (including phenoxy) is 1. The second-order valence-electron chi connectivity index (χ2n) is 3.59. The van der Waals surface area contributed by atoms with Crippen LogP contribution >= 0.6 is 0 Å². The maximum Gasteiger partial charge on any atom is 0.276 e. The van der Waals surface area contributed by atoms with Gasteiger partial charge in [0.15, 0.2) is 6.29 Å². The molecule has 1 fully saturated rings. The van der Waals surface area contributed by atoms with Crippen LogP contribution in [-0.4, -0.2) is 23.8 Å². The summed E-state index contributed by atoms with van der Waals surface area (Å²) < 4.78 is 5.31. The summed E-state index contributed by atoms with van der Waals surface area (Å²) in [6.45, 7) is 0.688. The van der Waals surface area contributed by atoms with Crippen molar-refractivity contribution in [2.75, 3.05) is 6.61 Å². The number of aromatic nitrogens is 1. The Morgan fingerprint density at radius 2 is 2.50 bits per heavy atom. The van der Waals surface area contributed by atoms with Crippen LogP contribution in [0.15, 0.2) is 24.5 Å². The summed E-state index contributed by atoms with van der Waals surface area (Å²) in [6.07, 6.45) is 5.70. The van der Waals surface area contributed by atoms with Crippen LogP contribution in [0.4, 0.5) is 0 Å². The van der Waals surface area contributed by atoms with Crippen molar-refractivity contribution in [2.24, 2.45) is 0 Å². The Hall–Kier alpha value is -1.46. The number of carbonyl (C=O) groups excluding carboxylic acids is 1. The summed E-state index contributed by atoms with van der Waals surface area (Å²) in [4.78, 5) is 20.6. The molecule has 0 saturated carbocycles. The molecule has 1 aliphatic heterocycles. The normalized spacial score (nSPS) is 20.4. The minimum absolute atomic E-state index is 0.303. The number of hydrogen-bond donors (Lipinski definition) is 1. The maximum absolute atomic E-state index is 11.6. The standard InChI is InChI=1S/C11H14N2O3/c14-11(9-4-3-6-12-8-9)13-16-10-5-1-2-7-15-10/h3-4,6,8,10H,1-2,5,7H2,(H,13,14). The molecule has 5 nitrogen and oxygen atoms in total. The van der Waals surface area contributed by atoms with Gasteiger partial charge >= 0.3 is 0 Å². The minimum Gasteiger partial charge on any atom is -0.350 e. The second kappa shape index (κ2) is 5.58. The van der Waals surface area contributed by atoms with Crippen LogP contribution in [0, 0.1) is 0 Å². The third-order valence-electron chi connectivity index (χ3n) is 2.34. The van der Waals surface area contributed by atoms with Crippen molar-refractivity contribution in [3.05, 3.63) is 30.1 Å². The van der Waals surface area contributed by atoms with Gasteiger partial charge in [0.25, 0.3) is 5.91 Å². The van der Waals surface area contributed by atoms with Crippen molar-refractivity contribution in [2.45, 2.75) is 25.6 Å². The molecule has 1 N–H and O–H groups in total. The quantitative estimate of drug-likeness (QED) is 0.782. The first kappa shape index (κ1) is 11.0. The Kier molecular flexibility index (Phi) is 3.85. The molecule has 0 aromatic carbocycles. The molecular formula is C11H14N2O3. The minimum atomic E-state index is -0.325. The maximum atomic E-state index is 11.6. The summed E-state index contributed by atoms with van der Waals surface area (Å²) in [6, 6.07) is 3.37. The lowest BCUT2D eigenvalue weighted by Gasteiger charge is -2.21. The fourth-order valence-corrected chi connectivity index (χ4v) is 1.48. The lowest BCUT2D eigenvalue weighted by Crippen LogP contribution is -2.33. The zero-order chi connectivity index (χ0) is 11.2. The van der Waals surface area contributed by atoms with Crippen molar-refractivity contribution in [3.8, 4) is 0 Å². The van der Waals surface area contributed by atoms with Gasteiger partial charge in [-0.05, 0) is 25.0 Å². The molecule has 1 atom stereocenters. The third kappa shape index (κ3) is 3.01. The molecule has 1 saturated heterocycles. The molecule has 2 heterocycles. The molecule has 0 aliphatic carbocycles. The van der Waals surface area contributed by atoms with Gasteiger partial charge in [-0.3, -0.25) is 9.78 Å². The first-order valence-corrected chi connectivity index (χ1v) is 5.34. The van der Waals surface area contributed by atoms with E-state index in [1.165, 1.54) is 6.20 Å². The molecule has 0 spiro atoms. The van der Waals surface area contributed by atoms with Crippen molar-refractivity contribution >= 4 is 5.91 Å². The van der Waals surface area contributed by atoms with Gasteiger partial charge in [-0.1, -0.05) is 0 Å². The molecule has 16 heavy (non-hydrogen) atoms. The average Bonchev–Trinajstić information content (AvgIpc) is 2.38. The third-order valence-corrected chi connectivity index (χ3v) is 2.34. The van der Waals surface area contributed by atoms with E-state index in [9.17, 15) is 4.79 Å². The van der Waals surface area contributed by atoms with E-state index >= 15 is 0 Å². The number of pyridine rings is 1. The Balaban J connectivity index is 1.79. The molecule has 86 valence electrons. The highest BCUT2D eigenvalue weighted by Crippen LogP contribution is 2.12. The zero-order valence-corrected chi connectivity index (χ0v) is 8.89. The molecule has 0 bridgehead atoms. The van der Waals surface area contributed by atoms with E-state index in [1.54, 1.807) is 18.3 Å². The van der Waals surface area contributed by atoms with Crippen LogP contribution in [-0.2, 0) is 9.57 Å². The smallest absolute Gasteiger partial charge is 0.276 e. The fraction of sp³-hybridized carbons (Fsp3) is 0.455. The Morgan fingerprint density at radius 3 is 3.19 bits per heavy atom. The SMILES string of the molecule is O=C(NOC1CCCCO1)c1cccnc1. The number of hydrogen-bond acceptors (Lipinski definition) is 4. The van der Waals surface area contributed by atoms with E-state index in [-0.39, 0.29) is 12.2 Å². The average molecular weight is 222 g/mol. The van der Waals surface area contributed by atoms with E-state index in [2.05, 4.69) is 10.5 Å². The number of carbonyl (C=O) groups is 1. The van der Waals surface area contributed by atoms with Gasteiger partial charge < -0.3 is 4.74 Å². The van der Waals surface area contributed by atoms with E-state index < -0.39 is 0 Å². The lowest BCUT2D eigenvalue weighted by atomic mass is 10.2. The van der Waals surface area contributed by atoms with Crippen molar-refractivity contribution < 1.29 is 14.4 Å². The van der Waals surface area contributed by atoms with Crippen molar-refractivity contribution in [3.63, 3.8) is 0 Å². The predicted molar refractivity (Wildman–Crippen MR) is 56.4 cm³/mol. The van der Waals surface area contributed by atoms with Gasteiger partial charge in [-0.2, -0.15) is 0 Å². The Bertz CT molecular complexity index is 336. The van der Waals surface area contributed by atoms with E-state index in [0.717, 1.165) is 19.3 Å². The first-order valence-electron chi connectivity index (χ1n) is 5.34. The van der Waals surface area contributed by atoms with Crippen molar-refractivity contribution in [1.82, 2.24) is 10.5 Å². The predicted octanol–water partition coefficient (Wildman–Crippen LogP) is 1.27. The van der Waals surface area contributed by atoms with Crippen LogP contribution < -0.4 is 5.48 Å². The highest BCUT2D eigenvalue weighted by molar-refractivity contribution is 5.92. The van der Waals surface area contributed by atoms with E-state index in [4.69, 9.17) is 9.57 Å². The highest BCUT2D eigenvalue weighted by Gasteiger charge is 2.16. The summed E-state index contributed by atoms with van der Waals surface area (Å²) in [5.74, 6) is -0.303. The summed E-state index contributed by atoms with van der Waals surface area (Å²) in [5, 5.41) is 0. The van der Waals surface area contributed by atoms with Gasteiger partial charge in [0.2, 0.25) is 0 Å². The van der Waals surface area contributed by atoms with Crippen LogP contribution in [0.3, 0.4) is 0 Å². The number of hydroxylamine groups is 1. The molecule has 1 aromatic rings. The number of amides is 1. The van der Waals surface area contributed by atoms with Gasteiger partial charge in [0.1, 0.15) is 0 Å². The van der Waals surface area contributed by atoms with Crippen LogP contribution in [0.25, 0.3) is 0 Å². The van der Waals surface area contributed by atoms with Crippen LogP contribution in [0.2, 0.25) is 0 Å². The zero-order valence-electron chi connectivity index (χ0n) is 8.89.